The second kappa shape index (κ2) is 51.7. The van der Waals surface area contributed by atoms with Gasteiger partial charge in [-0.15, -0.1) is 0 Å². The molecule has 354 valence electrons. The van der Waals surface area contributed by atoms with Gasteiger partial charge in [0.05, 0.1) is 6.61 Å². The Morgan fingerprint density at radius 2 is 0.617 bits per heavy atom. The quantitative estimate of drug-likeness (QED) is 0.0375. The highest BCUT2D eigenvalue weighted by Gasteiger charge is 2.16. The van der Waals surface area contributed by atoms with Crippen LogP contribution < -0.4 is 0 Å². The lowest BCUT2D eigenvalue weighted by molar-refractivity contribution is -0.161. The minimum atomic E-state index is -0.769. The van der Waals surface area contributed by atoms with Crippen molar-refractivity contribution in [1.82, 2.24) is 0 Å². The highest BCUT2D eigenvalue weighted by molar-refractivity contribution is 5.70. The van der Waals surface area contributed by atoms with E-state index in [-0.39, 0.29) is 25.2 Å². The van der Waals surface area contributed by atoms with E-state index in [9.17, 15) is 14.7 Å². The Labute approximate surface area is 374 Å². The molecule has 0 spiro atoms. The van der Waals surface area contributed by atoms with Crippen molar-refractivity contribution in [2.45, 2.75) is 302 Å². The van der Waals surface area contributed by atoms with Gasteiger partial charge in [0.1, 0.15) is 6.61 Å². The molecule has 0 saturated carbocycles. The number of aliphatic hydroxyl groups excluding tert-OH is 1. The third kappa shape index (κ3) is 49.0. The highest BCUT2D eigenvalue weighted by atomic mass is 16.6. The number of carbonyl (C=O) groups excluding carboxylic acids is 2. The van der Waals surface area contributed by atoms with Gasteiger partial charge >= 0.3 is 11.9 Å². The molecule has 0 fully saturated rings. The summed E-state index contributed by atoms with van der Waals surface area (Å²) in [5.41, 5.74) is 0. The number of allylic oxidation sites excluding steroid dienone is 4. The first-order valence-corrected chi connectivity index (χ1v) is 26.9. The van der Waals surface area contributed by atoms with E-state index in [1.165, 1.54) is 231 Å². The second-order valence-electron chi connectivity index (χ2n) is 18.3. The van der Waals surface area contributed by atoms with Crippen LogP contribution in [0.2, 0.25) is 0 Å². The summed E-state index contributed by atoms with van der Waals surface area (Å²) in [6, 6.07) is 0. The van der Waals surface area contributed by atoms with E-state index < -0.39 is 6.10 Å². The molecule has 1 N–H and O–H groups in total. The zero-order chi connectivity index (χ0) is 43.5. The fraction of sp³-hybridized carbons (Fsp3) is 0.891. The maximum atomic E-state index is 12.3. The van der Waals surface area contributed by atoms with E-state index >= 15 is 0 Å². The molecule has 5 nitrogen and oxygen atoms in total. The molecule has 0 rings (SSSR count). The van der Waals surface area contributed by atoms with Crippen molar-refractivity contribution >= 4 is 11.9 Å². The maximum Gasteiger partial charge on any atom is 0.306 e. The predicted molar refractivity (Wildman–Crippen MR) is 261 cm³/mol. The lowest BCUT2D eigenvalue weighted by atomic mass is 10.0. The number of hydrogen-bond donors (Lipinski definition) is 1. The van der Waals surface area contributed by atoms with Crippen LogP contribution in [0.25, 0.3) is 0 Å². The number of ether oxygens (including phenoxy) is 2. The van der Waals surface area contributed by atoms with Crippen LogP contribution in [0, 0.1) is 0 Å². The van der Waals surface area contributed by atoms with Gasteiger partial charge in [0.2, 0.25) is 0 Å². The molecule has 0 aliphatic rings. The van der Waals surface area contributed by atoms with E-state index in [0.29, 0.717) is 12.8 Å². The lowest BCUT2D eigenvalue weighted by Crippen LogP contribution is -2.28. The van der Waals surface area contributed by atoms with Crippen LogP contribution in [0.3, 0.4) is 0 Å². The van der Waals surface area contributed by atoms with Crippen molar-refractivity contribution in [1.29, 1.82) is 0 Å². The molecule has 0 heterocycles. The molecule has 0 aliphatic heterocycles. The monoisotopic (exact) mass is 845 g/mol. The van der Waals surface area contributed by atoms with E-state index in [1.807, 2.05) is 0 Å². The van der Waals surface area contributed by atoms with Crippen molar-refractivity contribution in [2.75, 3.05) is 13.2 Å². The molecule has 1 atom stereocenters. The molecule has 60 heavy (non-hydrogen) atoms. The zero-order valence-corrected chi connectivity index (χ0v) is 40.5. The number of esters is 2. The third-order valence-corrected chi connectivity index (χ3v) is 12.2. The fourth-order valence-corrected chi connectivity index (χ4v) is 8.14. The van der Waals surface area contributed by atoms with E-state index in [2.05, 4.69) is 38.2 Å². The first-order valence-electron chi connectivity index (χ1n) is 26.9. The average Bonchev–Trinajstić information content (AvgIpc) is 3.25. The van der Waals surface area contributed by atoms with Crippen LogP contribution in [0.5, 0.6) is 0 Å². The normalized spacial score (nSPS) is 12.2. The average molecular weight is 845 g/mol. The van der Waals surface area contributed by atoms with Crippen molar-refractivity contribution < 1.29 is 24.2 Å². The summed E-state index contributed by atoms with van der Waals surface area (Å²) >= 11 is 0. The third-order valence-electron chi connectivity index (χ3n) is 12.2. The number of unbranched alkanes of at least 4 members (excludes halogenated alkanes) is 38. The van der Waals surface area contributed by atoms with Gasteiger partial charge in [-0.05, 0) is 64.2 Å². The molecule has 0 aromatic carbocycles. The van der Waals surface area contributed by atoms with Gasteiger partial charge in [-0.3, -0.25) is 9.59 Å². The highest BCUT2D eigenvalue weighted by Crippen LogP contribution is 2.16. The Balaban J connectivity index is 3.44. The van der Waals surface area contributed by atoms with Crippen LogP contribution in [0.15, 0.2) is 24.3 Å². The molecule has 5 heteroatoms. The minimum absolute atomic E-state index is 0.0620. The summed E-state index contributed by atoms with van der Waals surface area (Å²) in [7, 11) is 0. The van der Waals surface area contributed by atoms with Gasteiger partial charge in [0.25, 0.3) is 0 Å². The van der Waals surface area contributed by atoms with Crippen LogP contribution in [0.1, 0.15) is 296 Å². The van der Waals surface area contributed by atoms with E-state index in [1.54, 1.807) is 0 Å². The van der Waals surface area contributed by atoms with E-state index in [0.717, 1.165) is 38.5 Å². The molecule has 0 amide bonds. The fourth-order valence-electron chi connectivity index (χ4n) is 8.14. The molecular weight excluding hydrogens is 741 g/mol. The summed E-state index contributed by atoms with van der Waals surface area (Å²) in [6.07, 6.45) is 64.3. The Hall–Kier alpha value is -1.62. The van der Waals surface area contributed by atoms with Crippen molar-refractivity contribution in [3.05, 3.63) is 24.3 Å². The number of rotatable bonds is 50. The summed E-state index contributed by atoms with van der Waals surface area (Å²) in [4.78, 5) is 24.5. The van der Waals surface area contributed by atoms with Crippen LogP contribution in [0.4, 0.5) is 0 Å². The summed E-state index contributed by atoms with van der Waals surface area (Å²) in [6.45, 7) is 4.17. The molecule has 0 aromatic rings. The van der Waals surface area contributed by atoms with Gasteiger partial charge in [0.15, 0.2) is 6.10 Å². The van der Waals surface area contributed by atoms with Crippen molar-refractivity contribution in [3.63, 3.8) is 0 Å². The van der Waals surface area contributed by atoms with Gasteiger partial charge in [0, 0.05) is 12.8 Å². The molecule has 1 unspecified atom stereocenters. The second-order valence-corrected chi connectivity index (χ2v) is 18.3. The van der Waals surface area contributed by atoms with E-state index in [4.69, 9.17) is 9.47 Å². The minimum Gasteiger partial charge on any atom is -0.462 e. The number of aliphatic hydroxyl groups is 1. The van der Waals surface area contributed by atoms with Gasteiger partial charge in [-0.2, -0.15) is 0 Å². The first kappa shape index (κ1) is 58.4. The molecule has 0 aliphatic carbocycles. The summed E-state index contributed by atoms with van der Waals surface area (Å²) in [5.74, 6) is -0.577. The Bertz CT molecular complexity index is 913. The molecular formula is C55H104O5. The summed E-state index contributed by atoms with van der Waals surface area (Å²) < 4.78 is 10.7. The van der Waals surface area contributed by atoms with Crippen LogP contribution >= 0.6 is 0 Å². The Kier molecular flexibility index (Phi) is 50.3. The SMILES string of the molecule is CCCCCCCC/C=C\CCCCCCCCCCCC(=O)OCC(CO)OC(=O)CCCCCCCCCCCCCCCCC/C=C\CCCCCCCCCC. The number of carbonyl (C=O) groups is 2. The standard InChI is InChI=1S/C55H104O5/c1-3-5-7-9-11-13-15-17-19-21-23-24-25-26-27-28-29-30-32-34-36-38-40-42-44-46-48-50-55(58)60-53(51-56)52-59-54(57)49-47-45-43-41-39-37-35-33-31-22-20-18-16-14-12-10-8-6-4-2/h18,20-21,23,53,56H,3-17,19,22,24-52H2,1-2H3/b20-18-,23-21-. The Morgan fingerprint density at radius 3 is 0.900 bits per heavy atom. The van der Waals surface area contributed by atoms with Gasteiger partial charge in [-0.1, -0.05) is 244 Å². The molecule has 0 radical (unpaired) electrons. The van der Waals surface area contributed by atoms with Crippen molar-refractivity contribution in [2.24, 2.45) is 0 Å². The summed E-state index contributed by atoms with van der Waals surface area (Å²) in [5, 5.41) is 9.63. The topological polar surface area (TPSA) is 72.8 Å². The largest absolute Gasteiger partial charge is 0.462 e. The van der Waals surface area contributed by atoms with Crippen LogP contribution in [-0.2, 0) is 19.1 Å². The van der Waals surface area contributed by atoms with Crippen molar-refractivity contribution in [3.8, 4) is 0 Å². The lowest BCUT2D eigenvalue weighted by Gasteiger charge is -2.15. The van der Waals surface area contributed by atoms with Gasteiger partial charge < -0.3 is 14.6 Å². The van der Waals surface area contributed by atoms with Gasteiger partial charge in [-0.25, -0.2) is 0 Å². The predicted octanol–water partition coefficient (Wildman–Crippen LogP) is 17.8. The molecule has 0 bridgehead atoms. The zero-order valence-electron chi connectivity index (χ0n) is 40.5. The smallest absolute Gasteiger partial charge is 0.306 e. The maximum absolute atomic E-state index is 12.3. The van der Waals surface area contributed by atoms with Crippen LogP contribution in [-0.4, -0.2) is 36.4 Å². The first-order chi connectivity index (χ1) is 29.6. The molecule has 0 saturated heterocycles. The molecule has 0 aromatic heterocycles. The Morgan fingerprint density at radius 1 is 0.367 bits per heavy atom. The number of hydrogen-bond acceptors (Lipinski definition) is 5.